The molecule has 0 amide bonds. The molecule has 10 aromatic carbocycles. The molecule has 2 heteroatoms. The highest BCUT2D eigenvalue weighted by atomic mass is 14.9. The standard InChI is InChI=1S/C61H40N2/c1-5-18-41(19-6-1)42-32-34-44(35-33-42)56-40-57(63-60(62-56)45-21-7-2-8-22-45)52-39-38-51(49-28-15-16-29-50(49)52)53-30-17-31-55-58(53)54-37-36-43-20-13-14-27-48(43)59(54)61(55,46-23-9-3-10-24-46)47-25-11-4-12-26-47/h1-40H. The molecule has 1 aliphatic carbocycles. The zero-order valence-corrected chi connectivity index (χ0v) is 34.5. The number of hydrogen-bond donors (Lipinski definition) is 0. The van der Waals surface area contributed by atoms with Crippen molar-refractivity contribution in [3.05, 3.63) is 265 Å². The second kappa shape index (κ2) is 15.1. The summed E-state index contributed by atoms with van der Waals surface area (Å²) >= 11 is 0. The minimum atomic E-state index is -0.537. The first-order valence-electron chi connectivity index (χ1n) is 21.7. The van der Waals surface area contributed by atoms with Crippen molar-refractivity contribution in [2.75, 3.05) is 0 Å². The lowest BCUT2D eigenvalue weighted by Crippen LogP contribution is -2.28. The zero-order chi connectivity index (χ0) is 41.7. The van der Waals surface area contributed by atoms with Gasteiger partial charge in [-0.3, -0.25) is 0 Å². The van der Waals surface area contributed by atoms with E-state index in [9.17, 15) is 0 Å². The molecule has 11 aromatic rings. The Bertz CT molecular complexity index is 3430. The summed E-state index contributed by atoms with van der Waals surface area (Å²) in [6.45, 7) is 0. The highest BCUT2D eigenvalue weighted by Crippen LogP contribution is 2.60. The van der Waals surface area contributed by atoms with Gasteiger partial charge in [0.25, 0.3) is 0 Å². The average Bonchev–Trinajstić information content (AvgIpc) is 3.69. The van der Waals surface area contributed by atoms with Gasteiger partial charge >= 0.3 is 0 Å². The molecule has 0 saturated carbocycles. The van der Waals surface area contributed by atoms with Crippen molar-refractivity contribution in [3.63, 3.8) is 0 Å². The molecule has 1 heterocycles. The number of fused-ring (bicyclic) bond motifs is 6. The van der Waals surface area contributed by atoms with Crippen molar-refractivity contribution < 1.29 is 0 Å². The predicted octanol–water partition coefficient (Wildman–Crippen LogP) is 15.5. The predicted molar refractivity (Wildman–Crippen MR) is 262 cm³/mol. The summed E-state index contributed by atoms with van der Waals surface area (Å²) in [5.74, 6) is 0.700. The average molecular weight is 801 g/mol. The molecule has 0 radical (unpaired) electrons. The molecular formula is C61H40N2. The summed E-state index contributed by atoms with van der Waals surface area (Å²) in [4.78, 5) is 10.5. The Kier molecular flexibility index (Phi) is 8.76. The third-order valence-electron chi connectivity index (χ3n) is 13.0. The third kappa shape index (κ3) is 5.95. The number of hydrogen-bond acceptors (Lipinski definition) is 2. The van der Waals surface area contributed by atoms with E-state index in [0.29, 0.717) is 5.82 Å². The topological polar surface area (TPSA) is 25.8 Å². The molecule has 12 rings (SSSR count). The van der Waals surface area contributed by atoms with Crippen LogP contribution in [0.15, 0.2) is 243 Å². The first kappa shape index (κ1) is 36.6. The maximum Gasteiger partial charge on any atom is 0.160 e. The molecule has 0 atom stereocenters. The monoisotopic (exact) mass is 800 g/mol. The van der Waals surface area contributed by atoms with Gasteiger partial charge in [-0.1, -0.05) is 237 Å². The van der Waals surface area contributed by atoms with E-state index in [4.69, 9.17) is 9.97 Å². The van der Waals surface area contributed by atoms with Crippen LogP contribution in [0.5, 0.6) is 0 Å². The van der Waals surface area contributed by atoms with Gasteiger partial charge in [0.2, 0.25) is 0 Å². The molecule has 0 unspecified atom stereocenters. The normalized spacial score (nSPS) is 12.6. The lowest BCUT2D eigenvalue weighted by molar-refractivity contribution is 0.775. The smallest absolute Gasteiger partial charge is 0.160 e. The quantitative estimate of drug-likeness (QED) is 0.160. The third-order valence-corrected chi connectivity index (χ3v) is 13.0. The Morgan fingerprint density at radius 3 is 1.49 bits per heavy atom. The molecule has 0 N–H and O–H groups in total. The molecule has 0 saturated heterocycles. The minimum Gasteiger partial charge on any atom is -0.228 e. The fourth-order valence-corrected chi connectivity index (χ4v) is 10.2. The number of aromatic nitrogens is 2. The summed E-state index contributed by atoms with van der Waals surface area (Å²) in [7, 11) is 0. The van der Waals surface area contributed by atoms with E-state index >= 15 is 0 Å². The van der Waals surface area contributed by atoms with Crippen LogP contribution in [0.2, 0.25) is 0 Å². The van der Waals surface area contributed by atoms with Gasteiger partial charge in [-0.15, -0.1) is 0 Å². The van der Waals surface area contributed by atoms with E-state index in [1.807, 2.05) is 18.2 Å². The number of rotatable bonds is 7. The van der Waals surface area contributed by atoms with Crippen LogP contribution in [-0.4, -0.2) is 9.97 Å². The van der Waals surface area contributed by atoms with Crippen LogP contribution < -0.4 is 0 Å². The summed E-state index contributed by atoms with van der Waals surface area (Å²) in [5, 5.41) is 4.83. The summed E-state index contributed by atoms with van der Waals surface area (Å²) < 4.78 is 0. The number of benzene rings is 10. The molecule has 2 nitrogen and oxygen atoms in total. The van der Waals surface area contributed by atoms with Crippen LogP contribution in [0, 0.1) is 0 Å². The van der Waals surface area contributed by atoms with E-state index in [2.05, 4.69) is 224 Å². The van der Waals surface area contributed by atoms with Crippen LogP contribution in [0.3, 0.4) is 0 Å². The van der Waals surface area contributed by atoms with Crippen LogP contribution >= 0.6 is 0 Å². The van der Waals surface area contributed by atoms with Crippen LogP contribution in [0.4, 0.5) is 0 Å². The van der Waals surface area contributed by atoms with E-state index in [0.717, 1.165) is 33.5 Å². The van der Waals surface area contributed by atoms with Crippen molar-refractivity contribution >= 4 is 21.5 Å². The van der Waals surface area contributed by atoms with Crippen molar-refractivity contribution in [1.29, 1.82) is 0 Å². The van der Waals surface area contributed by atoms with Gasteiger partial charge < -0.3 is 0 Å². The van der Waals surface area contributed by atoms with Gasteiger partial charge in [0, 0.05) is 16.7 Å². The first-order valence-corrected chi connectivity index (χ1v) is 21.7. The molecule has 63 heavy (non-hydrogen) atoms. The van der Waals surface area contributed by atoms with Crippen molar-refractivity contribution in [1.82, 2.24) is 9.97 Å². The van der Waals surface area contributed by atoms with E-state index in [-0.39, 0.29) is 0 Å². The lowest BCUT2D eigenvalue weighted by atomic mass is 9.66. The zero-order valence-electron chi connectivity index (χ0n) is 34.5. The maximum absolute atomic E-state index is 5.31. The highest BCUT2D eigenvalue weighted by molar-refractivity contribution is 6.10. The summed E-state index contributed by atoms with van der Waals surface area (Å²) in [5.41, 5.74) is 16.8. The Labute approximate surface area is 367 Å². The molecule has 0 aliphatic heterocycles. The van der Waals surface area contributed by atoms with Gasteiger partial charge in [0.05, 0.1) is 16.8 Å². The van der Waals surface area contributed by atoms with E-state index in [1.54, 1.807) is 0 Å². The van der Waals surface area contributed by atoms with Crippen LogP contribution in [0.25, 0.3) is 88.8 Å². The Hall–Kier alpha value is -8.20. The Morgan fingerprint density at radius 2 is 0.810 bits per heavy atom. The molecule has 0 bridgehead atoms. The fraction of sp³-hybridized carbons (Fsp3) is 0.0164. The second-order valence-electron chi connectivity index (χ2n) is 16.4. The van der Waals surface area contributed by atoms with Crippen LogP contribution in [0.1, 0.15) is 22.3 Å². The molecule has 1 aliphatic rings. The largest absolute Gasteiger partial charge is 0.228 e. The maximum atomic E-state index is 5.31. The highest BCUT2D eigenvalue weighted by Gasteiger charge is 2.48. The van der Waals surface area contributed by atoms with Gasteiger partial charge in [-0.05, 0) is 83.2 Å². The molecular weight excluding hydrogens is 761 g/mol. The SMILES string of the molecule is c1ccc(-c2ccc(-c3cc(-c4ccc(-c5cccc6c5-c5ccc7ccccc7c5C6(c5ccccc5)c5ccccc5)c5ccccc45)nc(-c4ccccc4)n3)cc2)cc1. The molecule has 1 aromatic heterocycles. The van der Waals surface area contributed by atoms with E-state index < -0.39 is 5.41 Å². The minimum absolute atomic E-state index is 0.537. The Morgan fingerprint density at radius 1 is 0.302 bits per heavy atom. The fourth-order valence-electron chi connectivity index (χ4n) is 10.2. The molecule has 0 fully saturated rings. The molecule has 0 spiro atoms. The van der Waals surface area contributed by atoms with Crippen molar-refractivity contribution in [2.24, 2.45) is 0 Å². The van der Waals surface area contributed by atoms with Gasteiger partial charge in [-0.2, -0.15) is 0 Å². The van der Waals surface area contributed by atoms with Crippen molar-refractivity contribution in [2.45, 2.75) is 5.41 Å². The Balaban J connectivity index is 1.08. The lowest BCUT2D eigenvalue weighted by Gasteiger charge is -2.34. The summed E-state index contributed by atoms with van der Waals surface area (Å²) in [6, 6.07) is 87.8. The van der Waals surface area contributed by atoms with Gasteiger partial charge in [-0.25, -0.2) is 9.97 Å². The van der Waals surface area contributed by atoms with Gasteiger partial charge in [0.15, 0.2) is 5.82 Å². The molecule has 294 valence electrons. The summed E-state index contributed by atoms with van der Waals surface area (Å²) in [6.07, 6.45) is 0. The van der Waals surface area contributed by atoms with Crippen LogP contribution in [-0.2, 0) is 5.41 Å². The van der Waals surface area contributed by atoms with Gasteiger partial charge in [0.1, 0.15) is 0 Å². The first-order chi connectivity index (χ1) is 31.3. The van der Waals surface area contributed by atoms with Crippen molar-refractivity contribution in [3.8, 4) is 67.3 Å². The second-order valence-corrected chi connectivity index (χ2v) is 16.4. The van der Waals surface area contributed by atoms with E-state index in [1.165, 1.54) is 71.8 Å². The number of nitrogens with zero attached hydrogens (tertiary/aromatic N) is 2.